The van der Waals surface area contributed by atoms with E-state index in [0.29, 0.717) is 5.75 Å². The Hall–Kier alpha value is -1.02. The standard InChI is InChI=1S/C13H21NO/c1-4-12-11(8-7-9-13(12)15)10-14(5-2)6-3/h7-9,15H,4-6,10H2,1-3H3. The van der Waals surface area contributed by atoms with Crippen LogP contribution in [0.3, 0.4) is 0 Å². The summed E-state index contributed by atoms with van der Waals surface area (Å²) in [6.07, 6.45) is 0.892. The maximum Gasteiger partial charge on any atom is 0.119 e. The number of aromatic hydroxyl groups is 1. The van der Waals surface area contributed by atoms with Crippen LogP contribution in [-0.2, 0) is 13.0 Å². The average Bonchev–Trinajstić information content (AvgIpc) is 2.26. The molecule has 0 heterocycles. The van der Waals surface area contributed by atoms with Gasteiger partial charge in [0.05, 0.1) is 0 Å². The van der Waals surface area contributed by atoms with Gasteiger partial charge < -0.3 is 5.11 Å². The van der Waals surface area contributed by atoms with Gasteiger partial charge in [-0.3, -0.25) is 4.90 Å². The smallest absolute Gasteiger partial charge is 0.119 e. The summed E-state index contributed by atoms with van der Waals surface area (Å²) < 4.78 is 0. The molecule has 0 saturated heterocycles. The number of benzene rings is 1. The molecule has 0 unspecified atom stereocenters. The van der Waals surface area contributed by atoms with E-state index in [1.807, 2.05) is 6.07 Å². The van der Waals surface area contributed by atoms with Crippen LogP contribution >= 0.6 is 0 Å². The summed E-state index contributed by atoms with van der Waals surface area (Å²) in [6, 6.07) is 5.80. The van der Waals surface area contributed by atoms with Crippen molar-refractivity contribution in [1.29, 1.82) is 0 Å². The Bertz CT molecular complexity index is 305. The molecule has 0 saturated carbocycles. The van der Waals surface area contributed by atoms with Crippen molar-refractivity contribution in [3.8, 4) is 5.75 Å². The van der Waals surface area contributed by atoms with E-state index in [2.05, 4.69) is 31.7 Å². The van der Waals surface area contributed by atoms with E-state index in [9.17, 15) is 5.11 Å². The highest BCUT2D eigenvalue weighted by Gasteiger charge is 2.08. The summed E-state index contributed by atoms with van der Waals surface area (Å²) in [7, 11) is 0. The molecule has 2 heteroatoms. The molecule has 0 aliphatic heterocycles. The zero-order valence-corrected chi connectivity index (χ0v) is 9.95. The first-order chi connectivity index (χ1) is 7.22. The van der Waals surface area contributed by atoms with Gasteiger partial charge in [-0.25, -0.2) is 0 Å². The first-order valence-electron chi connectivity index (χ1n) is 5.74. The van der Waals surface area contributed by atoms with Crippen LogP contribution in [0.1, 0.15) is 31.9 Å². The Morgan fingerprint density at radius 2 is 1.80 bits per heavy atom. The van der Waals surface area contributed by atoms with E-state index < -0.39 is 0 Å². The van der Waals surface area contributed by atoms with Gasteiger partial charge in [0.2, 0.25) is 0 Å². The summed E-state index contributed by atoms with van der Waals surface area (Å²) >= 11 is 0. The number of hydrogen-bond donors (Lipinski definition) is 1. The van der Waals surface area contributed by atoms with Gasteiger partial charge in [0.25, 0.3) is 0 Å². The first kappa shape index (κ1) is 12.1. The number of hydrogen-bond acceptors (Lipinski definition) is 2. The van der Waals surface area contributed by atoms with Gasteiger partial charge in [-0.05, 0) is 36.7 Å². The molecule has 0 fully saturated rings. The van der Waals surface area contributed by atoms with E-state index in [-0.39, 0.29) is 0 Å². The monoisotopic (exact) mass is 207 g/mol. The molecule has 1 N–H and O–H groups in total. The van der Waals surface area contributed by atoms with Gasteiger partial charge in [-0.2, -0.15) is 0 Å². The van der Waals surface area contributed by atoms with Crippen LogP contribution in [0.25, 0.3) is 0 Å². The van der Waals surface area contributed by atoms with Crippen LogP contribution < -0.4 is 0 Å². The van der Waals surface area contributed by atoms with Crippen molar-refractivity contribution in [3.63, 3.8) is 0 Å². The van der Waals surface area contributed by atoms with Crippen molar-refractivity contribution in [1.82, 2.24) is 4.90 Å². The van der Waals surface area contributed by atoms with E-state index in [4.69, 9.17) is 0 Å². The lowest BCUT2D eigenvalue weighted by molar-refractivity contribution is 0.294. The maximum absolute atomic E-state index is 9.73. The van der Waals surface area contributed by atoms with Crippen molar-refractivity contribution in [2.24, 2.45) is 0 Å². The predicted octanol–water partition coefficient (Wildman–Crippen LogP) is 2.80. The van der Waals surface area contributed by atoms with Crippen LogP contribution in [0.5, 0.6) is 5.75 Å². The van der Waals surface area contributed by atoms with Crippen molar-refractivity contribution in [2.45, 2.75) is 33.7 Å². The Balaban J connectivity index is 2.88. The summed E-state index contributed by atoms with van der Waals surface area (Å²) in [4.78, 5) is 2.36. The minimum atomic E-state index is 0.433. The molecule has 1 rings (SSSR count). The van der Waals surface area contributed by atoms with E-state index in [1.165, 1.54) is 5.56 Å². The molecule has 0 amide bonds. The Labute approximate surface area is 92.5 Å². The fourth-order valence-corrected chi connectivity index (χ4v) is 1.87. The minimum Gasteiger partial charge on any atom is -0.508 e. The van der Waals surface area contributed by atoms with E-state index in [1.54, 1.807) is 6.07 Å². The fourth-order valence-electron chi connectivity index (χ4n) is 1.87. The molecule has 0 spiro atoms. The Morgan fingerprint density at radius 1 is 1.13 bits per heavy atom. The zero-order chi connectivity index (χ0) is 11.3. The Morgan fingerprint density at radius 3 is 2.33 bits per heavy atom. The Kier molecular flexibility index (Phi) is 4.63. The van der Waals surface area contributed by atoms with Gasteiger partial charge in [0, 0.05) is 6.54 Å². The second-order valence-corrected chi connectivity index (χ2v) is 3.73. The van der Waals surface area contributed by atoms with Gasteiger partial charge in [-0.15, -0.1) is 0 Å². The van der Waals surface area contributed by atoms with Crippen LogP contribution in [0.4, 0.5) is 0 Å². The van der Waals surface area contributed by atoms with Crippen molar-refractivity contribution in [2.75, 3.05) is 13.1 Å². The predicted molar refractivity (Wildman–Crippen MR) is 64.1 cm³/mol. The lowest BCUT2D eigenvalue weighted by Gasteiger charge is -2.20. The number of phenols is 1. The summed E-state index contributed by atoms with van der Waals surface area (Å²) in [5, 5.41) is 9.73. The largest absolute Gasteiger partial charge is 0.508 e. The van der Waals surface area contributed by atoms with Crippen molar-refractivity contribution in [3.05, 3.63) is 29.3 Å². The average molecular weight is 207 g/mol. The molecule has 0 atom stereocenters. The third kappa shape index (κ3) is 2.96. The number of rotatable bonds is 5. The lowest BCUT2D eigenvalue weighted by atomic mass is 10.0. The quantitative estimate of drug-likeness (QED) is 0.802. The highest BCUT2D eigenvalue weighted by molar-refractivity contribution is 5.39. The van der Waals surface area contributed by atoms with Gasteiger partial charge in [0.1, 0.15) is 5.75 Å². The van der Waals surface area contributed by atoms with Gasteiger partial charge >= 0.3 is 0 Å². The molecule has 0 radical (unpaired) electrons. The molecule has 0 aromatic heterocycles. The van der Waals surface area contributed by atoms with Crippen molar-refractivity contribution < 1.29 is 5.11 Å². The molecule has 1 aromatic rings. The highest BCUT2D eigenvalue weighted by Crippen LogP contribution is 2.22. The van der Waals surface area contributed by atoms with Crippen LogP contribution in [0, 0.1) is 0 Å². The first-order valence-corrected chi connectivity index (χ1v) is 5.74. The van der Waals surface area contributed by atoms with Gasteiger partial charge in [-0.1, -0.05) is 32.9 Å². The molecule has 0 bridgehead atoms. The normalized spacial score (nSPS) is 10.9. The number of nitrogens with zero attached hydrogens (tertiary/aromatic N) is 1. The molecular formula is C13H21NO. The summed E-state index contributed by atoms with van der Waals surface area (Å²) in [5.41, 5.74) is 2.34. The summed E-state index contributed by atoms with van der Waals surface area (Å²) in [6.45, 7) is 9.45. The molecule has 2 nitrogen and oxygen atoms in total. The summed E-state index contributed by atoms with van der Waals surface area (Å²) in [5.74, 6) is 0.433. The van der Waals surface area contributed by atoms with Gasteiger partial charge in [0.15, 0.2) is 0 Å². The van der Waals surface area contributed by atoms with Crippen molar-refractivity contribution >= 4 is 0 Å². The molecular weight excluding hydrogens is 186 g/mol. The molecule has 84 valence electrons. The molecule has 0 aliphatic rings. The lowest BCUT2D eigenvalue weighted by Crippen LogP contribution is -2.22. The third-order valence-electron chi connectivity index (χ3n) is 2.89. The highest BCUT2D eigenvalue weighted by atomic mass is 16.3. The maximum atomic E-state index is 9.73. The second kappa shape index (κ2) is 5.76. The van der Waals surface area contributed by atoms with Crippen LogP contribution in [0.15, 0.2) is 18.2 Å². The zero-order valence-electron chi connectivity index (χ0n) is 9.95. The minimum absolute atomic E-state index is 0.433. The fraction of sp³-hybridized carbons (Fsp3) is 0.538. The molecule has 15 heavy (non-hydrogen) atoms. The molecule has 1 aromatic carbocycles. The SMILES string of the molecule is CCc1c(O)cccc1CN(CC)CC. The van der Waals surface area contributed by atoms with E-state index in [0.717, 1.165) is 31.6 Å². The second-order valence-electron chi connectivity index (χ2n) is 3.73. The van der Waals surface area contributed by atoms with Crippen LogP contribution in [0.2, 0.25) is 0 Å². The van der Waals surface area contributed by atoms with E-state index >= 15 is 0 Å². The third-order valence-corrected chi connectivity index (χ3v) is 2.89. The van der Waals surface area contributed by atoms with Crippen LogP contribution in [-0.4, -0.2) is 23.1 Å². The topological polar surface area (TPSA) is 23.5 Å². The molecule has 0 aliphatic carbocycles. The number of phenolic OH excluding ortho intramolecular Hbond substituents is 1.